The molecule has 15 heteroatoms. The molecule has 0 radical (unpaired) electrons. The Morgan fingerprint density at radius 3 is 1.12 bits per heavy atom. The van der Waals surface area contributed by atoms with Gasteiger partial charge < -0.3 is 0 Å². The second-order valence-electron chi connectivity index (χ2n) is 2.05. The molecule has 0 heterocycles. The molecule has 0 aliphatic carbocycles. The zero-order chi connectivity index (χ0) is 14.1. The Kier molecular flexibility index (Phi) is 4.79. The van der Waals surface area contributed by atoms with E-state index in [4.69, 9.17) is 0 Å². The highest BCUT2D eigenvalue weighted by Crippen LogP contribution is 2.35. The van der Waals surface area contributed by atoms with E-state index in [2.05, 4.69) is 7.94 Å². The molecule has 0 aromatic carbocycles. The van der Waals surface area contributed by atoms with Gasteiger partial charge in [0.1, 0.15) is 0 Å². The standard InChI is InChI=1S/C2HF6O6PS2/c3-1(4,5)16(9,10)13-15-14-17(11,12)2(6,7)8/h15H. The molecule has 0 amide bonds. The highest BCUT2D eigenvalue weighted by atomic mass is 32.2. The van der Waals surface area contributed by atoms with E-state index in [-0.39, 0.29) is 0 Å². The Labute approximate surface area is 92.1 Å². The number of rotatable bonds is 4. The Bertz CT molecular complexity index is 414. The molecule has 0 aromatic heterocycles. The maximum atomic E-state index is 11.6. The van der Waals surface area contributed by atoms with Gasteiger partial charge in [-0.1, -0.05) is 0 Å². The van der Waals surface area contributed by atoms with Crippen molar-refractivity contribution in [2.24, 2.45) is 0 Å². The molecule has 0 aromatic rings. The number of hydrogen-bond donors (Lipinski definition) is 0. The predicted molar refractivity (Wildman–Crippen MR) is 40.4 cm³/mol. The summed E-state index contributed by atoms with van der Waals surface area (Å²) in [4.78, 5) is 0. The molecule has 0 saturated heterocycles. The fourth-order valence-corrected chi connectivity index (χ4v) is 2.03. The normalized spacial score (nSPS) is 14.9. The minimum atomic E-state index is -6.21. The molecule has 0 saturated carbocycles. The summed E-state index contributed by atoms with van der Waals surface area (Å²) in [5, 5.41) is 0. The van der Waals surface area contributed by atoms with Gasteiger partial charge in [-0.15, -0.1) is 0 Å². The first-order valence-corrected chi connectivity index (χ1v) is 6.58. The summed E-state index contributed by atoms with van der Waals surface area (Å²) in [7, 11) is -15.0. The second-order valence-corrected chi connectivity index (χ2v) is 6.29. The summed E-state index contributed by atoms with van der Waals surface area (Å²) in [6.45, 7) is 0. The lowest BCUT2D eigenvalue weighted by Crippen LogP contribution is -2.25. The summed E-state index contributed by atoms with van der Waals surface area (Å²) in [5.41, 5.74) is -11.8. The van der Waals surface area contributed by atoms with Crippen molar-refractivity contribution in [1.82, 2.24) is 0 Å². The van der Waals surface area contributed by atoms with E-state index in [9.17, 15) is 43.2 Å². The molecule has 0 aliphatic heterocycles. The van der Waals surface area contributed by atoms with Crippen LogP contribution < -0.4 is 0 Å². The van der Waals surface area contributed by atoms with Gasteiger partial charge in [-0.3, -0.25) is 0 Å². The van der Waals surface area contributed by atoms with Crippen LogP contribution in [0.5, 0.6) is 0 Å². The van der Waals surface area contributed by atoms with Crippen molar-refractivity contribution in [2.75, 3.05) is 0 Å². The number of halogens is 6. The van der Waals surface area contributed by atoms with E-state index in [0.29, 0.717) is 0 Å². The molecule has 0 bridgehead atoms. The van der Waals surface area contributed by atoms with E-state index in [1.54, 1.807) is 0 Å². The first-order chi connectivity index (χ1) is 7.21. The largest absolute Gasteiger partial charge is 0.523 e. The van der Waals surface area contributed by atoms with E-state index < -0.39 is 40.3 Å². The number of alkyl halides is 6. The summed E-state index contributed by atoms with van der Waals surface area (Å²) in [6, 6.07) is 0. The molecule has 0 atom stereocenters. The van der Waals surface area contributed by atoms with E-state index in [1.165, 1.54) is 0 Å². The van der Waals surface area contributed by atoms with Crippen molar-refractivity contribution in [3.05, 3.63) is 0 Å². The maximum Gasteiger partial charge on any atom is 0.523 e. The van der Waals surface area contributed by atoms with Crippen LogP contribution in [0, 0.1) is 0 Å². The lowest BCUT2D eigenvalue weighted by Gasteiger charge is -2.09. The van der Waals surface area contributed by atoms with Crippen LogP contribution in [0.15, 0.2) is 0 Å². The predicted octanol–water partition coefficient (Wildman–Crippen LogP) is 1.23. The van der Waals surface area contributed by atoms with Crippen molar-refractivity contribution in [1.29, 1.82) is 0 Å². The van der Waals surface area contributed by atoms with Gasteiger partial charge in [-0.05, 0) is 0 Å². The van der Waals surface area contributed by atoms with Crippen LogP contribution in [-0.2, 0) is 28.2 Å². The summed E-state index contributed by atoms with van der Waals surface area (Å²) < 4.78 is 115. The van der Waals surface area contributed by atoms with Gasteiger partial charge in [0.25, 0.3) is 0 Å². The monoisotopic (exact) mass is 330 g/mol. The highest BCUT2D eigenvalue weighted by Gasteiger charge is 2.50. The summed E-state index contributed by atoms with van der Waals surface area (Å²) >= 11 is 0. The van der Waals surface area contributed by atoms with Crippen LogP contribution in [-0.4, -0.2) is 27.9 Å². The van der Waals surface area contributed by atoms with E-state index >= 15 is 0 Å². The molecule has 0 unspecified atom stereocenters. The Hall–Kier alpha value is -0.170. The Morgan fingerprint density at radius 1 is 0.706 bits per heavy atom. The third-order valence-electron chi connectivity index (χ3n) is 0.854. The molecule has 0 aliphatic rings. The molecule has 0 rings (SSSR count). The van der Waals surface area contributed by atoms with E-state index in [1.807, 2.05) is 0 Å². The first kappa shape index (κ1) is 16.8. The van der Waals surface area contributed by atoms with Crippen molar-refractivity contribution < 1.29 is 51.1 Å². The first-order valence-electron chi connectivity index (χ1n) is 2.95. The lowest BCUT2D eigenvalue weighted by molar-refractivity contribution is -0.0509. The average molecular weight is 330 g/mol. The van der Waals surface area contributed by atoms with E-state index in [0.717, 1.165) is 0 Å². The van der Waals surface area contributed by atoms with Crippen LogP contribution in [0.1, 0.15) is 0 Å². The van der Waals surface area contributed by atoms with Crippen LogP contribution in [0.2, 0.25) is 0 Å². The fourth-order valence-electron chi connectivity index (χ4n) is 0.198. The van der Waals surface area contributed by atoms with Crippen LogP contribution in [0.3, 0.4) is 0 Å². The third-order valence-corrected chi connectivity index (χ3v) is 4.29. The molecule has 0 fully saturated rings. The summed E-state index contributed by atoms with van der Waals surface area (Å²) in [5.74, 6) is 0. The smallest absolute Gasteiger partial charge is 0.212 e. The van der Waals surface area contributed by atoms with Gasteiger partial charge in [-0.25, -0.2) is 7.94 Å². The van der Waals surface area contributed by atoms with Gasteiger partial charge in [0.2, 0.25) is 0 Å². The van der Waals surface area contributed by atoms with Gasteiger partial charge >= 0.3 is 31.3 Å². The van der Waals surface area contributed by atoms with Gasteiger partial charge in [-0.2, -0.15) is 43.2 Å². The average Bonchev–Trinajstić information content (AvgIpc) is 1.98. The maximum absolute atomic E-state index is 11.6. The van der Waals surface area contributed by atoms with Crippen molar-refractivity contribution in [3.8, 4) is 0 Å². The molecule has 0 N–H and O–H groups in total. The van der Waals surface area contributed by atoms with Crippen molar-refractivity contribution in [3.63, 3.8) is 0 Å². The third kappa shape index (κ3) is 4.54. The molecule has 6 nitrogen and oxygen atoms in total. The molecule has 104 valence electrons. The molecule has 17 heavy (non-hydrogen) atoms. The zero-order valence-electron chi connectivity index (χ0n) is 7.03. The molecular weight excluding hydrogens is 329 g/mol. The van der Waals surface area contributed by atoms with Crippen LogP contribution in [0.25, 0.3) is 0 Å². The minimum absolute atomic E-state index is 2.53. The minimum Gasteiger partial charge on any atom is -0.212 e. The SMILES string of the molecule is O=S(=O)(OPOS(=O)(=O)C(F)(F)F)C(F)(F)F. The quantitative estimate of drug-likeness (QED) is 0.438. The lowest BCUT2D eigenvalue weighted by atomic mass is 11.6. The Morgan fingerprint density at radius 2 is 0.941 bits per heavy atom. The van der Waals surface area contributed by atoms with Gasteiger partial charge in [0, 0.05) is 0 Å². The molecule has 0 spiro atoms. The fraction of sp³-hybridized carbons (Fsp3) is 1.00. The Balaban J connectivity index is 4.58. The molecular formula is C2HF6O6PS2. The topological polar surface area (TPSA) is 86.7 Å². The zero-order valence-corrected chi connectivity index (χ0v) is 9.67. The number of hydrogen-bond acceptors (Lipinski definition) is 6. The summed E-state index contributed by atoms with van der Waals surface area (Å²) in [6.07, 6.45) is 0. The highest BCUT2D eigenvalue weighted by molar-refractivity contribution is 7.93. The van der Waals surface area contributed by atoms with Gasteiger partial charge in [0.05, 0.1) is 0 Å². The van der Waals surface area contributed by atoms with Crippen LogP contribution in [0.4, 0.5) is 26.3 Å². The van der Waals surface area contributed by atoms with Crippen molar-refractivity contribution in [2.45, 2.75) is 11.0 Å². The van der Waals surface area contributed by atoms with Gasteiger partial charge in [0.15, 0.2) is 9.03 Å². The van der Waals surface area contributed by atoms with Crippen LogP contribution >= 0.6 is 9.03 Å². The second kappa shape index (κ2) is 4.84. The van der Waals surface area contributed by atoms with Crippen molar-refractivity contribution >= 4 is 29.3 Å².